The molecule has 1 fully saturated rings. The number of nitroso groups, excluding NO2 is 1. The largest absolute Gasteiger partial charge is 0.492 e. The summed E-state index contributed by atoms with van der Waals surface area (Å²) >= 11 is 0. The minimum Gasteiger partial charge on any atom is -0.492 e. The summed E-state index contributed by atoms with van der Waals surface area (Å²) in [7, 11) is 0. The van der Waals surface area contributed by atoms with Crippen LogP contribution in [0, 0.1) is 4.91 Å². The van der Waals surface area contributed by atoms with Crippen molar-refractivity contribution in [1.82, 2.24) is 4.90 Å². The van der Waals surface area contributed by atoms with Gasteiger partial charge in [0.2, 0.25) is 0 Å². The molecule has 0 atom stereocenters. The van der Waals surface area contributed by atoms with Gasteiger partial charge < -0.3 is 4.74 Å². The monoisotopic (exact) mass is 248 g/mol. The van der Waals surface area contributed by atoms with Crippen LogP contribution in [0.25, 0.3) is 0 Å². The molecule has 4 heteroatoms. The van der Waals surface area contributed by atoms with E-state index in [0.29, 0.717) is 0 Å². The summed E-state index contributed by atoms with van der Waals surface area (Å²) in [5.74, 6) is 0.863. The fourth-order valence-corrected chi connectivity index (χ4v) is 2.24. The molecule has 0 radical (unpaired) electrons. The van der Waals surface area contributed by atoms with Crippen molar-refractivity contribution in [2.75, 3.05) is 26.2 Å². The highest BCUT2D eigenvalue weighted by molar-refractivity contribution is 5.27. The maximum atomic E-state index is 10.1. The van der Waals surface area contributed by atoms with E-state index in [9.17, 15) is 4.91 Å². The number of piperidine rings is 1. The highest BCUT2D eigenvalue weighted by Crippen LogP contribution is 2.13. The summed E-state index contributed by atoms with van der Waals surface area (Å²) in [6.45, 7) is 4.36. The molecule has 1 aliphatic rings. The van der Waals surface area contributed by atoms with E-state index in [4.69, 9.17) is 4.74 Å². The van der Waals surface area contributed by atoms with Crippen LogP contribution in [0.4, 0.5) is 0 Å². The van der Waals surface area contributed by atoms with Gasteiger partial charge in [-0.1, -0.05) is 23.7 Å². The number of hydrogen-bond acceptors (Lipinski definition) is 4. The summed E-state index contributed by atoms with van der Waals surface area (Å²) in [5.41, 5.74) is 0.924. The van der Waals surface area contributed by atoms with E-state index in [2.05, 4.69) is 10.1 Å². The van der Waals surface area contributed by atoms with E-state index < -0.39 is 0 Å². The van der Waals surface area contributed by atoms with Gasteiger partial charge in [-0.25, -0.2) is 0 Å². The summed E-state index contributed by atoms with van der Waals surface area (Å²) in [5, 5.41) is 2.86. The Morgan fingerprint density at radius 1 is 1.11 bits per heavy atom. The number of rotatable bonds is 6. The Morgan fingerprint density at radius 3 is 2.50 bits per heavy atom. The first-order valence-electron chi connectivity index (χ1n) is 6.62. The van der Waals surface area contributed by atoms with Gasteiger partial charge in [-0.3, -0.25) is 4.90 Å². The quantitative estimate of drug-likeness (QED) is 0.727. The first kappa shape index (κ1) is 13.0. The van der Waals surface area contributed by atoms with Crippen LogP contribution in [0.5, 0.6) is 5.75 Å². The van der Waals surface area contributed by atoms with Crippen molar-refractivity contribution in [1.29, 1.82) is 0 Å². The van der Waals surface area contributed by atoms with Crippen molar-refractivity contribution in [2.45, 2.75) is 25.8 Å². The number of benzene rings is 1. The lowest BCUT2D eigenvalue weighted by atomic mass is 10.1. The molecule has 0 amide bonds. The third-order valence-corrected chi connectivity index (χ3v) is 3.30. The number of ether oxygens (including phenoxy) is 1. The van der Waals surface area contributed by atoms with Gasteiger partial charge in [0.1, 0.15) is 18.9 Å². The van der Waals surface area contributed by atoms with Crippen LogP contribution in [0.3, 0.4) is 0 Å². The van der Waals surface area contributed by atoms with Crippen LogP contribution in [0.2, 0.25) is 0 Å². The summed E-state index contributed by atoms with van der Waals surface area (Å²) in [6.07, 6.45) is 3.99. The standard InChI is InChI=1S/C14H20N2O2/c17-15-12-13-4-6-14(7-5-13)18-11-10-16-8-2-1-3-9-16/h4-7H,1-3,8-12H2. The third kappa shape index (κ3) is 4.11. The minimum absolute atomic E-state index is 0.230. The highest BCUT2D eigenvalue weighted by Gasteiger charge is 2.09. The van der Waals surface area contributed by atoms with E-state index in [1.165, 1.54) is 32.4 Å². The van der Waals surface area contributed by atoms with Gasteiger partial charge >= 0.3 is 0 Å². The Balaban J connectivity index is 1.70. The fraction of sp³-hybridized carbons (Fsp3) is 0.571. The lowest BCUT2D eigenvalue weighted by Crippen LogP contribution is -2.33. The van der Waals surface area contributed by atoms with E-state index in [1.54, 1.807) is 0 Å². The molecule has 1 saturated heterocycles. The molecular weight excluding hydrogens is 228 g/mol. The van der Waals surface area contributed by atoms with Gasteiger partial charge in [0.15, 0.2) is 0 Å². The van der Waals surface area contributed by atoms with Crippen LogP contribution in [0.1, 0.15) is 24.8 Å². The SMILES string of the molecule is O=NCc1ccc(OCCN2CCCCC2)cc1. The van der Waals surface area contributed by atoms with Gasteiger partial charge in [0.25, 0.3) is 0 Å². The molecule has 0 aliphatic carbocycles. The number of hydrogen-bond donors (Lipinski definition) is 0. The van der Waals surface area contributed by atoms with Crippen molar-refractivity contribution >= 4 is 0 Å². The molecule has 0 bridgehead atoms. The molecule has 1 heterocycles. The summed E-state index contributed by atoms with van der Waals surface area (Å²) < 4.78 is 5.69. The zero-order valence-corrected chi connectivity index (χ0v) is 10.7. The van der Waals surface area contributed by atoms with E-state index in [1.807, 2.05) is 24.3 Å². The number of likely N-dealkylation sites (tertiary alicyclic amines) is 1. The van der Waals surface area contributed by atoms with E-state index >= 15 is 0 Å². The Morgan fingerprint density at radius 2 is 1.83 bits per heavy atom. The molecule has 18 heavy (non-hydrogen) atoms. The second kappa shape index (κ2) is 7.11. The predicted molar refractivity (Wildman–Crippen MR) is 71.7 cm³/mol. The van der Waals surface area contributed by atoms with Gasteiger partial charge in [0, 0.05) is 6.54 Å². The second-order valence-electron chi connectivity index (χ2n) is 4.68. The summed E-state index contributed by atoms with van der Waals surface area (Å²) in [6, 6.07) is 7.57. The van der Waals surface area contributed by atoms with Crippen LogP contribution in [-0.4, -0.2) is 31.1 Å². The Bertz CT molecular complexity index is 359. The van der Waals surface area contributed by atoms with Crippen LogP contribution >= 0.6 is 0 Å². The first-order chi connectivity index (χ1) is 8.88. The average molecular weight is 248 g/mol. The molecule has 1 aromatic carbocycles. The lowest BCUT2D eigenvalue weighted by Gasteiger charge is -2.26. The molecule has 0 unspecified atom stereocenters. The van der Waals surface area contributed by atoms with Gasteiger partial charge in [-0.2, -0.15) is 4.91 Å². The normalized spacial score (nSPS) is 16.4. The maximum absolute atomic E-state index is 10.1. The first-order valence-corrected chi connectivity index (χ1v) is 6.62. The molecule has 4 nitrogen and oxygen atoms in total. The third-order valence-electron chi connectivity index (χ3n) is 3.30. The fourth-order valence-electron chi connectivity index (χ4n) is 2.24. The Labute approximate surface area is 108 Å². The minimum atomic E-state index is 0.230. The van der Waals surface area contributed by atoms with Crippen molar-refractivity contribution in [3.05, 3.63) is 34.7 Å². The molecule has 1 aromatic rings. The van der Waals surface area contributed by atoms with Crippen molar-refractivity contribution in [3.63, 3.8) is 0 Å². The van der Waals surface area contributed by atoms with Crippen LogP contribution in [0.15, 0.2) is 29.4 Å². The lowest BCUT2D eigenvalue weighted by molar-refractivity contribution is 0.183. The Hall–Kier alpha value is -1.42. The molecule has 1 aliphatic heterocycles. The van der Waals surface area contributed by atoms with Gasteiger partial charge in [-0.05, 0) is 43.6 Å². The van der Waals surface area contributed by atoms with Gasteiger partial charge in [-0.15, -0.1) is 0 Å². The predicted octanol–water partition coefficient (Wildman–Crippen LogP) is 2.82. The van der Waals surface area contributed by atoms with Crippen LogP contribution < -0.4 is 4.74 Å². The summed E-state index contributed by atoms with van der Waals surface area (Å²) in [4.78, 5) is 12.6. The number of nitrogens with zero attached hydrogens (tertiary/aromatic N) is 2. The van der Waals surface area contributed by atoms with Crippen molar-refractivity contribution in [2.24, 2.45) is 5.18 Å². The Kier molecular flexibility index (Phi) is 5.15. The molecule has 2 rings (SSSR count). The maximum Gasteiger partial charge on any atom is 0.119 e. The highest BCUT2D eigenvalue weighted by atomic mass is 16.5. The molecule has 0 spiro atoms. The molecular formula is C14H20N2O2. The van der Waals surface area contributed by atoms with Crippen molar-refractivity contribution in [3.8, 4) is 5.75 Å². The molecule has 98 valence electrons. The van der Waals surface area contributed by atoms with E-state index in [-0.39, 0.29) is 6.54 Å². The zero-order valence-electron chi connectivity index (χ0n) is 10.7. The van der Waals surface area contributed by atoms with Crippen LogP contribution in [-0.2, 0) is 6.54 Å². The second-order valence-corrected chi connectivity index (χ2v) is 4.68. The zero-order chi connectivity index (χ0) is 12.6. The topological polar surface area (TPSA) is 41.9 Å². The van der Waals surface area contributed by atoms with E-state index in [0.717, 1.165) is 24.5 Å². The smallest absolute Gasteiger partial charge is 0.119 e. The average Bonchev–Trinajstić information content (AvgIpc) is 2.42. The van der Waals surface area contributed by atoms with Gasteiger partial charge in [0.05, 0.1) is 0 Å². The molecule has 0 saturated carbocycles. The molecule has 0 N–H and O–H groups in total. The van der Waals surface area contributed by atoms with Crippen molar-refractivity contribution < 1.29 is 4.74 Å². The molecule has 0 aromatic heterocycles.